The van der Waals surface area contributed by atoms with Crippen molar-refractivity contribution in [3.05, 3.63) is 11.6 Å². The Morgan fingerprint density at radius 2 is 1.94 bits per heavy atom. The molecule has 5 rings (SSSR count). The first-order chi connectivity index (χ1) is 17.0. The van der Waals surface area contributed by atoms with Crippen LogP contribution in [0.4, 0.5) is 0 Å². The molecule has 0 spiro atoms. The Morgan fingerprint density at radius 3 is 2.67 bits per heavy atom. The number of rotatable bonds is 4. The number of β-amino-alcohol motifs (C(OH)–C–C–N with tert-alkyl or cyclic N) is 1. The Kier molecular flexibility index (Phi) is 6.24. The molecule has 36 heavy (non-hydrogen) atoms. The normalized spacial score (nSPS) is 44.8. The molecule has 0 unspecified atom stereocenters. The van der Waals surface area contributed by atoms with Gasteiger partial charge in [-0.2, -0.15) is 0 Å². The highest BCUT2D eigenvalue weighted by molar-refractivity contribution is 5.96. The number of carbonyl (C=O) groups is 2. The molecule has 1 aliphatic heterocycles. The fourth-order valence-corrected chi connectivity index (χ4v) is 8.47. The van der Waals surface area contributed by atoms with Crippen molar-refractivity contribution in [2.24, 2.45) is 33.7 Å². The molecule has 4 aliphatic carbocycles. The van der Waals surface area contributed by atoms with Crippen LogP contribution in [-0.2, 0) is 14.4 Å². The molecule has 0 bridgehead atoms. The van der Waals surface area contributed by atoms with Crippen LogP contribution in [-0.4, -0.2) is 68.7 Å². The van der Waals surface area contributed by atoms with E-state index in [2.05, 4.69) is 31.0 Å². The average Bonchev–Trinajstić information content (AvgIpc) is 3.37. The predicted octanol–water partition coefficient (Wildman–Crippen LogP) is 2.73. The molecule has 196 valence electrons. The third kappa shape index (κ3) is 3.78. The van der Waals surface area contributed by atoms with E-state index in [1.807, 2.05) is 0 Å². The standard InChI is InChI=1S/C28H38N2O6/c1-4-28(35)12-9-22-20-6-5-17-13-18(7-10-26(17,2)21(20)8-11-27(22,28)3)29-36-16-24(32)30-15-19(31)14-23(30)25(33)34/h1,13,19-23,31,35H,5-12,14-16H2,2-3H3,(H,33,34)/b29-18+/t19-,20-,21-,22-,23+,26+,27+,28-/m1/s1. The summed E-state index contributed by atoms with van der Waals surface area (Å²) in [4.78, 5) is 30.4. The number of oxime groups is 1. The van der Waals surface area contributed by atoms with Crippen molar-refractivity contribution in [1.82, 2.24) is 4.90 Å². The second kappa shape index (κ2) is 8.88. The number of hydrogen-bond acceptors (Lipinski definition) is 6. The van der Waals surface area contributed by atoms with Gasteiger partial charge in [-0.15, -0.1) is 6.42 Å². The monoisotopic (exact) mass is 498 g/mol. The van der Waals surface area contributed by atoms with Gasteiger partial charge in [-0.1, -0.05) is 30.5 Å². The molecule has 4 fully saturated rings. The zero-order valence-electron chi connectivity index (χ0n) is 21.3. The van der Waals surface area contributed by atoms with Crippen molar-refractivity contribution >= 4 is 17.6 Å². The molecular formula is C28H38N2O6. The number of allylic oxidation sites excluding steroid dienone is 2. The summed E-state index contributed by atoms with van der Waals surface area (Å²) in [5.74, 6) is 2.73. The van der Waals surface area contributed by atoms with E-state index in [9.17, 15) is 24.9 Å². The fourth-order valence-electron chi connectivity index (χ4n) is 8.47. The summed E-state index contributed by atoms with van der Waals surface area (Å²) in [7, 11) is 0. The van der Waals surface area contributed by atoms with Crippen molar-refractivity contribution in [1.29, 1.82) is 0 Å². The Hall–Kier alpha value is -2.37. The van der Waals surface area contributed by atoms with Gasteiger partial charge in [0.2, 0.25) is 0 Å². The maximum atomic E-state index is 12.5. The number of likely N-dealkylation sites (tertiary alicyclic amines) is 1. The summed E-state index contributed by atoms with van der Waals surface area (Å²) >= 11 is 0. The number of terminal acetylenes is 1. The second-order valence-corrected chi connectivity index (χ2v) is 12.1. The van der Waals surface area contributed by atoms with Gasteiger partial charge >= 0.3 is 5.97 Å². The van der Waals surface area contributed by atoms with E-state index < -0.39 is 29.6 Å². The van der Waals surface area contributed by atoms with E-state index in [1.54, 1.807) is 0 Å². The molecule has 0 aromatic rings. The summed E-state index contributed by atoms with van der Waals surface area (Å²) in [5, 5.41) is 34.5. The Bertz CT molecular complexity index is 1050. The number of carboxylic acid groups (broad SMARTS) is 1. The van der Waals surface area contributed by atoms with E-state index in [0.717, 1.165) is 55.6 Å². The highest BCUT2D eigenvalue weighted by atomic mass is 16.6. The molecule has 0 aromatic carbocycles. The van der Waals surface area contributed by atoms with Gasteiger partial charge in [-0.25, -0.2) is 4.79 Å². The molecule has 5 aliphatic rings. The predicted molar refractivity (Wildman–Crippen MR) is 133 cm³/mol. The van der Waals surface area contributed by atoms with Crippen LogP contribution in [0.1, 0.15) is 71.6 Å². The molecule has 1 amide bonds. The minimum Gasteiger partial charge on any atom is -0.480 e. The zero-order valence-corrected chi connectivity index (χ0v) is 21.3. The third-order valence-electron chi connectivity index (χ3n) is 10.6. The van der Waals surface area contributed by atoms with Gasteiger partial charge in [0.1, 0.15) is 11.6 Å². The number of carbonyl (C=O) groups excluding carboxylic acids is 1. The first-order valence-corrected chi connectivity index (χ1v) is 13.3. The second-order valence-electron chi connectivity index (χ2n) is 12.1. The van der Waals surface area contributed by atoms with Gasteiger partial charge in [0.05, 0.1) is 11.8 Å². The van der Waals surface area contributed by atoms with Gasteiger partial charge in [-0.05, 0) is 80.6 Å². The molecule has 1 saturated heterocycles. The molecule has 8 atom stereocenters. The maximum absolute atomic E-state index is 12.5. The molecule has 0 radical (unpaired) electrons. The minimum atomic E-state index is -1.12. The summed E-state index contributed by atoms with van der Waals surface area (Å²) < 4.78 is 0. The molecular weight excluding hydrogens is 460 g/mol. The van der Waals surface area contributed by atoms with Crippen LogP contribution in [0.25, 0.3) is 0 Å². The van der Waals surface area contributed by atoms with Crippen LogP contribution in [0.5, 0.6) is 0 Å². The fraction of sp³-hybridized carbons (Fsp3) is 0.750. The lowest BCUT2D eigenvalue weighted by Gasteiger charge is -2.58. The topological polar surface area (TPSA) is 120 Å². The van der Waals surface area contributed by atoms with Crippen LogP contribution >= 0.6 is 0 Å². The van der Waals surface area contributed by atoms with E-state index in [-0.39, 0.29) is 30.4 Å². The van der Waals surface area contributed by atoms with Crippen LogP contribution < -0.4 is 0 Å². The molecule has 3 saturated carbocycles. The number of fused-ring (bicyclic) bond motifs is 5. The number of hydrogen-bond donors (Lipinski definition) is 3. The van der Waals surface area contributed by atoms with Gasteiger partial charge < -0.3 is 25.1 Å². The van der Waals surface area contributed by atoms with Crippen LogP contribution in [0.3, 0.4) is 0 Å². The van der Waals surface area contributed by atoms with Gasteiger partial charge in [0.15, 0.2) is 6.61 Å². The molecule has 3 N–H and O–H groups in total. The summed E-state index contributed by atoms with van der Waals surface area (Å²) in [6.07, 6.45) is 14.7. The zero-order chi connectivity index (χ0) is 25.9. The maximum Gasteiger partial charge on any atom is 0.326 e. The van der Waals surface area contributed by atoms with Crippen molar-refractivity contribution in [2.45, 2.75) is 89.4 Å². The Morgan fingerprint density at radius 1 is 1.19 bits per heavy atom. The highest BCUT2D eigenvalue weighted by Crippen LogP contribution is 2.67. The molecule has 8 nitrogen and oxygen atoms in total. The van der Waals surface area contributed by atoms with Crippen LogP contribution in [0.2, 0.25) is 0 Å². The third-order valence-corrected chi connectivity index (χ3v) is 10.6. The largest absolute Gasteiger partial charge is 0.480 e. The summed E-state index contributed by atoms with van der Waals surface area (Å²) in [6, 6.07) is -1.02. The Balaban J connectivity index is 1.25. The van der Waals surface area contributed by atoms with E-state index in [1.165, 1.54) is 5.57 Å². The summed E-state index contributed by atoms with van der Waals surface area (Å²) in [6.45, 7) is 4.25. The van der Waals surface area contributed by atoms with Gasteiger partial charge in [0, 0.05) is 18.4 Å². The van der Waals surface area contributed by atoms with E-state index >= 15 is 0 Å². The first kappa shape index (κ1) is 25.3. The lowest BCUT2D eigenvalue weighted by Crippen LogP contribution is -2.54. The quantitative estimate of drug-likeness (QED) is 0.405. The van der Waals surface area contributed by atoms with E-state index in [4.69, 9.17) is 11.3 Å². The smallest absolute Gasteiger partial charge is 0.326 e. The molecule has 1 heterocycles. The number of aliphatic hydroxyl groups is 2. The first-order valence-electron chi connectivity index (χ1n) is 13.3. The van der Waals surface area contributed by atoms with Gasteiger partial charge in [0.25, 0.3) is 5.91 Å². The van der Waals surface area contributed by atoms with Crippen molar-refractivity contribution < 1.29 is 29.7 Å². The molecule has 8 heteroatoms. The van der Waals surface area contributed by atoms with Crippen LogP contribution in [0, 0.1) is 40.9 Å². The number of aliphatic carboxylic acids is 1. The highest BCUT2D eigenvalue weighted by Gasteiger charge is 2.63. The number of aliphatic hydroxyl groups excluding tert-OH is 1. The average molecular weight is 499 g/mol. The summed E-state index contributed by atoms with van der Waals surface area (Å²) in [5.41, 5.74) is 1.11. The number of nitrogens with zero attached hydrogens (tertiary/aromatic N) is 2. The number of carboxylic acids is 1. The van der Waals surface area contributed by atoms with E-state index in [0.29, 0.717) is 24.2 Å². The molecule has 0 aromatic heterocycles. The minimum absolute atomic E-state index is 0.000520. The Labute approximate surface area is 212 Å². The lowest BCUT2D eigenvalue weighted by molar-refractivity contribution is -0.150. The van der Waals surface area contributed by atoms with Crippen molar-refractivity contribution in [3.8, 4) is 12.3 Å². The van der Waals surface area contributed by atoms with Crippen molar-refractivity contribution in [3.63, 3.8) is 0 Å². The SMILES string of the molecule is C#C[C@@]1(O)CC[C@@H]2[C@@H]3CCC4=C/C(=N/OCC(=O)N5C[C@H](O)C[C@H]5C(=O)O)CC[C@]4(C)[C@@H]3CC[C@@]21C. The van der Waals surface area contributed by atoms with Gasteiger partial charge in [-0.3, -0.25) is 4.79 Å². The number of amides is 1. The van der Waals surface area contributed by atoms with Crippen LogP contribution in [0.15, 0.2) is 16.8 Å². The van der Waals surface area contributed by atoms with Crippen molar-refractivity contribution in [2.75, 3.05) is 13.2 Å². The lowest BCUT2D eigenvalue weighted by atomic mass is 9.46.